The first-order valence-electron chi connectivity index (χ1n) is 6.44. The molecular formula is C13H22ClN3O. The third kappa shape index (κ3) is 4.78. The molecule has 0 aromatic carbocycles. The van der Waals surface area contributed by atoms with Crippen LogP contribution in [0.4, 0.5) is 5.82 Å². The number of hydrogen-bond donors (Lipinski definition) is 1. The minimum atomic E-state index is 0.223. The van der Waals surface area contributed by atoms with Crippen LogP contribution in [0.5, 0.6) is 0 Å². The molecule has 1 N–H and O–H groups in total. The summed E-state index contributed by atoms with van der Waals surface area (Å²) < 4.78 is 5.48. The highest BCUT2D eigenvalue weighted by atomic mass is 35.5. The molecule has 0 fully saturated rings. The maximum Gasteiger partial charge on any atom is 0.134 e. The summed E-state index contributed by atoms with van der Waals surface area (Å²) in [6, 6.07) is 1.97. The van der Waals surface area contributed by atoms with Gasteiger partial charge < -0.3 is 10.1 Å². The van der Waals surface area contributed by atoms with Crippen LogP contribution in [-0.2, 0) is 11.2 Å². The lowest BCUT2D eigenvalue weighted by Gasteiger charge is -2.22. The summed E-state index contributed by atoms with van der Waals surface area (Å²) in [5.41, 5.74) is 0. The topological polar surface area (TPSA) is 47.0 Å². The standard InChI is InChI=1S/C13H22ClN3O/c1-5-12-16-11(14)7-13(17-12)15-10(9(3)4)8-18-6-2/h7,9-10H,5-6,8H2,1-4H3,(H,15,16,17). The van der Waals surface area contributed by atoms with E-state index in [9.17, 15) is 0 Å². The van der Waals surface area contributed by atoms with Crippen LogP contribution in [0.15, 0.2) is 6.07 Å². The molecule has 4 nitrogen and oxygen atoms in total. The first kappa shape index (κ1) is 15.2. The van der Waals surface area contributed by atoms with Crippen LogP contribution in [0.3, 0.4) is 0 Å². The predicted octanol–water partition coefficient (Wildman–Crippen LogP) is 3.17. The summed E-state index contributed by atoms with van der Waals surface area (Å²) in [6.45, 7) is 9.69. The molecule has 0 saturated heterocycles. The molecule has 1 aromatic heterocycles. The van der Waals surface area contributed by atoms with Crippen LogP contribution < -0.4 is 5.32 Å². The molecule has 0 amide bonds. The lowest BCUT2D eigenvalue weighted by molar-refractivity contribution is 0.126. The number of ether oxygens (including phenoxy) is 1. The largest absolute Gasteiger partial charge is 0.380 e. The fourth-order valence-electron chi connectivity index (χ4n) is 1.53. The Labute approximate surface area is 114 Å². The molecule has 102 valence electrons. The molecule has 0 saturated carbocycles. The van der Waals surface area contributed by atoms with Crippen molar-refractivity contribution < 1.29 is 4.74 Å². The van der Waals surface area contributed by atoms with Crippen molar-refractivity contribution in [2.24, 2.45) is 5.92 Å². The normalized spacial score (nSPS) is 12.8. The average molecular weight is 272 g/mol. The third-order valence-electron chi connectivity index (χ3n) is 2.70. The number of anilines is 1. The molecule has 18 heavy (non-hydrogen) atoms. The zero-order valence-electron chi connectivity index (χ0n) is 11.5. The highest BCUT2D eigenvalue weighted by molar-refractivity contribution is 6.29. The molecular weight excluding hydrogens is 250 g/mol. The molecule has 0 spiro atoms. The second kappa shape index (κ2) is 7.54. The molecule has 1 rings (SSSR count). The fourth-order valence-corrected chi connectivity index (χ4v) is 1.73. The van der Waals surface area contributed by atoms with E-state index < -0.39 is 0 Å². The fraction of sp³-hybridized carbons (Fsp3) is 0.692. The van der Waals surface area contributed by atoms with Gasteiger partial charge in [0.2, 0.25) is 0 Å². The molecule has 0 aliphatic carbocycles. The van der Waals surface area contributed by atoms with Crippen LogP contribution in [0.2, 0.25) is 5.15 Å². The molecule has 0 aliphatic rings. The summed E-state index contributed by atoms with van der Waals surface area (Å²) in [6.07, 6.45) is 0.771. The van der Waals surface area contributed by atoms with Crippen LogP contribution in [0, 0.1) is 5.92 Å². The van der Waals surface area contributed by atoms with Gasteiger partial charge >= 0.3 is 0 Å². The van der Waals surface area contributed by atoms with Gasteiger partial charge in [-0.25, -0.2) is 9.97 Å². The summed E-state index contributed by atoms with van der Waals surface area (Å²) in [5, 5.41) is 3.84. The Morgan fingerprint density at radius 2 is 2.06 bits per heavy atom. The van der Waals surface area contributed by atoms with Gasteiger partial charge in [0.15, 0.2) is 0 Å². The van der Waals surface area contributed by atoms with E-state index in [1.165, 1.54) is 0 Å². The smallest absolute Gasteiger partial charge is 0.134 e. The molecule has 1 heterocycles. The number of nitrogens with zero attached hydrogens (tertiary/aromatic N) is 2. The number of aryl methyl sites for hydroxylation is 1. The molecule has 1 aromatic rings. The van der Waals surface area contributed by atoms with Gasteiger partial charge in [-0.05, 0) is 12.8 Å². The molecule has 0 radical (unpaired) electrons. The first-order valence-corrected chi connectivity index (χ1v) is 6.82. The highest BCUT2D eigenvalue weighted by Crippen LogP contribution is 2.15. The zero-order chi connectivity index (χ0) is 13.5. The maximum absolute atomic E-state index is 5.97. The summed E-state index contributed by atoms with van der Waals surface area (Å²) >= 11 is 5.97. The van der Waals surface area contributed by atoms with Gasteiger partial charge in [0.1, 0.15) is 16.8 Å². The van der Waals surface area contributed by atoms with Gasteiger partial charge in [0.05, 0.1) is 12.6 Å². The Morgan fingerprint density at radius 1 is 1.33 bits per heavy atom. The summed E-state index contributed by atoms with van der Waals surface area (Å²) in [5.74, 6) is 1.98. The minimum Gasteiger partial charge on any atom is -0.380 e. The van der Waals surface area contributed by atoms with Crippen molar-refractivity contribution in [3.8, 4) is 0 Å². The minimum absolute atomic E-state index is 0.223. The number of aromatic nitrogens is 2. The van der Waals surface area contributed by atoms with Gasteiger partial charge in [-0.1, -0.05) is 32.4 Å². The predicted molar refractivity (Wildman–Crippen MR) is 75.2 cm³/mol. The van der Waals surface area contributed by atoms with Crippen molar-refractivity contribution >= 4 is 17.4 Å². The van der Waals surface area contributed by atoms with Crippen molar-refractivity contribution in [3.05, 3.63) is 17.0 Å². The Balaban J connectivity index is 2.76. The molecule has 0 bridgehead atoms. The Bertz CT molecular complexity index is 371. The molecule has 1 unspecified atom stereocenters. The monoisotopic (exact) mass is 271 g/mol. The van der Waals surface area contributed by atoms with Gasteiger partial charge in [-0.15, -0.1) is 0 Å². The summed E-state index contributed by atoms with van der Waals surface area (Å²) in [7, 11) is 0. The van der Waals surface area contributed by atoms with Crippen molar-refractivity contribution in [1.82, 2.24) is 9.97 Å². The van der Waals surface area contributed by atoms with E-state index in [2.05, 4.69) is 29.1 Å². The molecule has 0 aliphatic heterocycles. The Hall–Kier alpha value is -0.870. The average Bonchev–Trinajstić information content (AvgIpc) is 2.33. The van der Waals surface area contributed by atoms with Gasteiger partial charge in [-0.2, -0.15) is 0 Å². The first-order chi connectivity index (χ1) is 8.56. The Morgan fingerprint density at radius 3 is 2.61 bits per heavy atom. The van der Waals surface area contributed by atoms with Crippen molar-refractivity contribution in [1.29, 1.82) is 0 Å². The number of halogens is 1. The van der Waals surface area contributed by atoms with E-state index in [0.29, 0.717) is 17.7 Å². The van der Waals surface area contributed by atoms with Crippen molar-refractivity contribution in [3.63, 3.8) is 0 Å². The maximum atomic E-state index is 5.97. The van der Waals surface area contributed by atoms with Gasteiger partial charge in [0, 0.05) is 19.1 Å². The summed E-state index contributed by atoms with van der Waals surface area (Å²) in [4.78, 5) is 8.57. The van der Waals surface area contributed by atoms with Crippen LogP contribution >= 0.6 is 11.6 Å². The number of rotatable bonds is 7. The van der Waals surface area contributed by atoms with Gasteiger partial charge in [0.25, 0.3) is 0 Å². The highest BCUT2D eigenvalue weighted by Gasteiger charge is 2.14. The second-order valence-electron chi connectivity index (χ2n) is 4.50. The molecule has 5 heteroatoms. The van der Waals surface area contributed by atoms with E-state index in [-0.39, 0.29) is 6.04 Å². The number of hydrogen-bond acceptors (Lipinski definition) is 4. The Kier molecular flexibility index (Phi) is 6.36. The quantitative estimate of drug-likeness (QED) is 0.774. The van der Waals surface area contributed by atoms with E-state index in [1.54, 1.807) is 6.07 Å². The van der Waals surface area contributed by atoms with E-state index in [1.807, 2.05) is 13.8 Å². The van der Waals surface area contributed by atoms with E-state index in [0.717, 1.165) is 24.7 Å². The molecule has 1 atom stereocenters. The second-order valence-corrected chi connectivity index (χ2v) is 4.89. The lowest BCUT2D eigenvalue weighted by Crippen LogP contribution is -2.31. The van der Waals surface area contributed by atoms with Crippen molar-refractivity contribution in [2.75, 3.05) is 18.5 Å². The lowest BCUT2D eigenvalue weighted by atomic mass is 10.1. The number of nitrogens with one attached hydrogen (secondary N) is 1. The van der Waals surface area contributed by atoms with Crippen LogP contribution in [-0.4, -0.2) is 29.2 Å². The van der Waals surface area contributed by atoms with Crippen LogP contribution in [0.25, 0.3) is 0 Å². The zero-order valence-corrected chi connectivity index (χ0v) is 12.3. The van der Waals surface area contributed by atoms with E-state index >= 15 is 0 Å². The van der Waals surface area contributed by atoms with Gasteiger partial charge in [-0.3, -0.25) is 0 Å². The van der Waals surface area contributed by atoms with Crippen LogP contribution in [0.1, 0.15) is 33.5 Å². The SMILES string of the molecule is CCOCC(Nc1cc(Cl)nc(CC)n1)C(C)C. The van der Waals surface area contributed by atoms with E-state index in [4.69, 9.17) is 16.3 Å². The van der Waals surface area contributed by atoms with Crippen molar-refractivity contribution in [2.45, 2.75) is 40.2 Å². The third-order valence-corrected chi connectivity index (χ3v) is 2.89.